The molecular weight excluding hydrogens is 344 g/mol. The van der Waals surface area contributed by atoms with Gasteiger partial charge in [-0.3, -0.25) is 0 Å². The molecule has 0 amide bonds. The number of rotatable bonds is 3. The van der Waals surface area contributed by atoms with Crippen LogP contribution in [-0.4, -0.2) is 4.57 Å². The van der Waals surface area contributed by atoms with Gasteiger partial charge in [0.05, 0.1) is 12.1 Å². The zero-order chi connectivity index (χ0) is 13.4. The molecule has 2 aromatic heterocycles. The molecule has 19 heavy (non-hydrogen) atoms. The molecule has 0 saturated carbocycles. The van der Waals surface area contributed by atoms with Crippen molar-refractivity contribution in [1.82, 2.24) is 4.57 Å². The number of thiophene rings is 1. The molecule has 0 spiro atoms. The van der Waals surface area contributed by atoms with Crippen molar-refractivity contribution in [3.63, 3.8) is 0 Å². The minimum atomic E-state index is 0.538. The first kappa shape index (κ1) is 13.2. The van der Waals surface area contributed by atoms with Gasteiger partial charge in [0.25, 0.3) is 0 Å². The summed E-state index contributed by atoms with van der Waals surface area (Å²) in [5, 5.41) is 4.02. The van der Waals surface area contributed by atoms with Crippen molar-refractivity contribution in [3.05, 3.63) is 55.8 Å². The van der Waals surface area contributed by atoms with Gasteiger partial charge in [-0.25, -0.2) is 0 Å². The number of hydrogen-bond donors (Lipinski definition) is 1. The molecule has 5 heteroatoms. The van der Waals surface area contributed by atoms with Crippen LogP contribution in [0, 0.1) is 0 Å². The molecule has 0 aliphatic carbocycles. The number of nitrogens with two attached hydrogens (primary N) is 1. The van der Waals surface area contributed by atoms with Crippen LogP contribution < -0.4 is 5.73 Å². The predicted molar refractivity (Wildman–Crippen MR) is 86.0 cm³/mol. The molecule has 0 radical (unpaired) electrons. The average Bonchev–Trinajstić information content (AvgIpc) is 2.95. The van der Waals surface area contributed by atoms with Crippen LogP contribution in [0.1, 0.15) is 10.4 Å². The molecule has 0 atom stereocenters. The van der Waals surface area contributed by atoms with Gasteiger partial charge in [0.15, 0.2) is 0 Å². The second-order valence-electron chi connectivity index (χ2n) is 4.34. The van der Waals surface area contributed by atoms with Crippen LogP contribution in [0.4, 0.5) is 0 Å². The van der Waals surface area contributed by atoms with E-state index in [2.05, 4.69) is 38.1 Å². The van der Waals surface area contributed by atoms with Crippen molar-refractivity contribution in [2.45, 2.75) is 13.1 Å². The SMILES string of the molecule is NCc1cn(Cc2sccc2Br)c2cc(Cl)ccc12. The molecule has 98 valence electrons. The Labute approximate surface area is 128 Å². The largest absolute Gasteiger partial charge is 0.342 e. The average molecular weight is 356 g/mol. The summed E-state index contributed by atoms with van der Waals surface area (Å²) in [4.78, 5) is 1.29. The smallest absolute Gasteiger partial charge is 0.0580 e. The Kier molecular flexibility index (Phi) is 3.67. The van der Waals surface area contributed by atoms with Crippen LogP contribution in [0.3, 0.4) is 0 Å². The molecular formula is C14H12BrClN2S. The fourth-order valence-electron chi connectivity index (χ4n) is 2.23. The second-order valence-corrected chi connectivity index (χ2v) is 6.63. The molecule has 2 nitrogen and oxygen atoms in total. The maximum Gasteiger partial charge on any atom is 0.0580 e. The van der Waals surface area contributed by atoms with Crippen molar-refractivity contribution in [1.29, 1.82) is 0 Å². The maximum absolute atomic E-state index is 6.11. The van der Waals surface area contributed by atoms with Gasteiger partial charge in [0, 0.05) is 32.5 Å². The van der Waals surface area contributed by atoms with E-state index in [1.165, 1.54) is 10.3 Å². The summed E-state index contributed by atoms with van der Waals surface area (Å²) in [5.74, 6) is 0. The normalized spacial score (nSPS) is 11.3. The van der Waals surface area contributed by atoms with Gasteiger partial charge < -0.3 is 10.3 Å². The Morgan fingerprint density at radius 3 is 2.84 bits per heavy atom. The summed E-state index contributed by atoms with van der Waals surface area (Å²) in [6.45, 7) is 1.37. The lowest BCUT2D eigenvalue weighted by atomic mass is 10.2. The Bertz CT molecular complexity index is 732. The standard InChI is InChI=1S/C14H12BrClN2S/c15-12-3-4-19-14(12)8-18-7-9(6-17)11-2-1-10(16)5-13(11)18/h1-5,7H,6,8,17H2. The van der Waals surface area contributed by atoms with E-state index in [9.17, 15) is 0 Å². The Morgan fingerprint density at radius 2 is 2.16 bits per heavy atom. The molecule has 0 aliphatic heterocycles. The molecule has 0 fully saturated rings. The van der Waals surface area contributed by atoms with Crippen LogP contribution in [0.2, 0.25) is 5.02 Å². The van der Waals surface area contributed by atoms with Crippen LogP contribution in [0.5, 0.6) is 0 Å². The Morgan fingerprint density at radius 1 is 1.32 bits per heavy atom. The highest BCUT2D eigenvalue weighted by molar-refractivity contribution is 9.10. The van der Waals surface area contributed by atoms with Crippen LogP contribution in [-0.2, 0) is 13.1 Å². The molecule has 3 aromatic rings. The molecule has 2 N–H and O–H groups in total. The van der Waals surface area contributed by atoms with Gasteiger partial charge in [-0.2, -0.15) is 0 Å². The number of nitrogens with zero attached hydrogens (tertiary/aromatic N) is 1. The second kappa shape index (κ2) is 5.29. The summed E-state index contributed by atoms with van der Waals surface area (Å²) in [6.07, 6.45) is 2.12. The van der Waals surface area contributed by atoms with Crippen LogP contribution in [0.15, 0.2) is 40.3 Å². The number of aromatic nitrogens is 1. The minimum absolute atomic E-state index is 0.538. The van der Waals surface area contributed by atoms with Gasteiger partial charge in [0.2, 0.25) is 0 Å². The van der Waals surface area contributed by atoms with Crippen LogP contribution in [0.25, 0.3) is 10.9 Å². The summed E-state index contributed by atoms with van der Waals surface area (Å²) < 4.78 is 3.36. The zero-order valence-electron chi connectivity index (χ0n) is 10.1. The van der Waals surface area contributed by atoms with E-state index in [-0.39, 0.29) is 0 Å². The highest BCUT2D eigenvalue weighted by atomic mass is 79.9. The molecule has 2 heterocycles. The minimum Gasteiger partial charge on any atom is -0.342 e. The van der Waals surface area contributed by atoms with E-state index in [1.54, 1.807) is 11.3 Å². The highest BCUT2D eigenvalue weighted by Gasteiger charge is 2.10. The van der Waals surface area contributed by atoms with E-state index >= 15 is 0 Å². The first-order valence-corrected chi connectivity index (χ1v) is 7.93. The monoisotopic (exact) mass is 354 g/mol. The van der Waals surface area contributed by atoms with Crippen molar-refractivity contribution >= 4 is 49.8 Å². The first-order valence-electron chi connectivity index (χ1n) is 5.88. The molecule has 0 bridgehead atoms. The van der Waals surface area contributed by atoms with Crippen molar-refractivity contribution in [2.75, 3.05) is 0 Å². The van der Waals surface area contributed by atoms with E-state index in [0.717, 1.165) is 27.1 Å². The lowest BCUT2D eigenvalue weighted by Crippen LogP contribution is -1.97. The Balaban J connectivity index is 2.12. The number of halogens is 2. The van der Waals surface area contributed by atoms with E-state index in [1.807, 2.05) is 18.2 Å². The fourth-order valence-corrected chi connectivity index (χ4v) is 3.87. The molecule has 0 unspecified atom stereocenters. The maximum atomic E-state index is 6.11. The first-order chi connectivity index (χ1) is 9.19. The highest BCUT2D eigenvalue weighted by Crippen LogP contribution is 2.28. The predicted octanol–water partition coefficient (Wildman–Crippen LogP) is 4.63. The third kappa shape index (κ3) is 2.46. The molecule has 1 aromatic carbocycles. The molecule has 0 aliphatic rings. The van der Waals surface area contributed by atoms with Gasteiger partial charge in [-0.05, 0) is 45.1 Å². The van der Waals surface area contributed by atoms with Crippen molar-refractivity contribution < 1.29 is 0 Å². The third-order valence-electron chi connectivity index (χ3n) is 3.15. The van der Waals surface area contributed by atoms with E-state index < -0.39 is 0 Å². The fraction of sp³-hybridized carbons (Fsp3) is 0.143. The number of hydrogen-bond acceptors (Lipinski definition) is 2. The van der Waals surface area contributed by atoms with Crippen molar-refractivity contribution in [2.24, 2.45) is 5.73 Å². The number of fused-ring (bicyclic) bond motifs is 1. The van der Waals surface area contributed by atoms with Gasteiger partial charge >= 0.3 is 0 Å². The molecule has 0 saturated heterocycles. The van der Waals surface area contributed by atoms with Gasteiger partial charge in [-0.15, -0.1) is 11.3 Å². The quantitative estimate of drug-likeness (QED) is 0.730. The molecule has 3 rings (SSSR count). The zero-order valence-corrected chi connectivity index (χ0v) is 13.2. The third-order valence-corrected chi connectivity index (χ3v) is 5.30. The summed E-state index contributed by atoms with van der Waals surface area (Å²) in [5.41, 5.74) is 8.10. The topological polar surface area (TPSA) is 30.9 Å². The van der Waals surface area contributed by atoms with Gasteiger partial charge in [0.1, 0.15) is 0 Å². The summed E-state index contributed by atoms with van der Waals surface area (Å²) >= 11 is 11.4. The summed E-state index contributed by atoms with van der Waals surface area (Å²) in [6, 6.07) is 8.02. The van der Waals surface area contributed by atoms with Crippen molar-refractivity contribution in [3.8, 4) is 0 Å². The lowest BCUT2D eigenvalue weighted by molar-refractivity contribution is 0.840. The van der Waals surface area contributed by atoms with E-state index in [4.69, 9.17) is 17.3 Å². The van der Waals surface area contributed by atoms with E-state index in [0.29, 0.717) is 6.54 Å². The summed E-state index contributed by atoms with van der Waals surface area (Å²) in [7, 11) is 0. The lowest BCUT2D eigenvalue weighted by Gasteiger charge is -2.04. The Hall–Kier alpha value is -0.810. The van der Waals surface area contributed by atoms with Crippen LogP contribution >= 0.6 is 38.9 Å². The van der Waals surface area contributed by atoms with Gasteiger partial charge in [-0.1, -0.05) is 17.7 Å². The number of benzene rings is 1.